The van der Waals surface area contributed by atoms with E-state index in [9.17, 15) is 4.79 Å². The largest absolute Gasteiger partial charge is 0.459 e. The number of furan rings is 1. The van der Waals surface area contributed by atoms with Crippen molar-refractivity contribution in [1.29, 1.82) is 0 Å². The molecule has 0 spiro atoms. The molecule has 0 radical (unpaired) electrons. The van der Waals surface area contributed by atoms with Gasteiger partial charge in [-0.25, -0.2) is 0 Å². The van der Waals surface area contributed by atoms with Crippen molar-refractivity contribution in [3.63, 3.8) is 0 Å². The predicted molar refractivity (Wildman–Crippen MR) is 94.4 cm³/mol. The fraction of sp³-hybridized carbons (Fsp3) is 0.632. The van der Waals surface area contributed by atoms with Crippen LogP contribution in [-0.2, 0) is 15.9 Å². The van der Waals surface area contributed by atoms with Crippen molar-refractivity contribution in [1.82, 2.24) is 15.0 Å². The summed E-state index contributed by atoms with van der Waals surface area (Å²) in [6.07, 6.45) is 5.85. The van der Waals surface area contributed by atoms with Gasteiger partial charge in [-0.05, 0) is 37.8 Å². The summed E-state index contributed by atoms with van der Waals surface area (Å²) in [5, 5.41) is 4.07. The van der Waals surface area contributed by atoms with Crippen LogP contribution in [0.1, 0.15) is 53.9 Å². The summed E-state index contributed by atoms with van der Waals surface area (Å²) < 4.78 is 21.9. The molecule has 0 bridgehead atoms. The van der Waals surface area contributed by atoms with Gasteiger partial charge < -0.3 is 23.3 Å². The van der Waals surface area contributed by atoms with Crippen LogP contribution in [-0.4, -0.2) is 60.0 Å². The Morgan fingerprint density at radius 1 is 1.22 bits per heavy atom. The van der Waals surface area contributed by atoms with Crippen LogP contribution in [0, 0.1) is 0 Å². The lowest BCUT2D eigenvalue weighted by Gasteiger charge is -2.31. The van der Waals surface area contributed by atoms with E-state index < -0.39 is 0 Å². The summed E-state index contributed by atoms with van der Waals surface area (Å²) in [5.41, 5.74) is 0. The molecule has 2 aliphatic rings. The Hall–Kier alpha value is -2.19. The minimum absolute atomic E-state index is 0.0501. The van der Waals surface area contributed by atoms with Crippen LogP contribution in [0.25, 0.3) is 0 Å². The van der Waals surface area contributed by atoms with Gasteiger partial charge in [-0.15, -0.1) is 0 Å². The van der Waals surface area contributed by atoms with Crippen LogP contribution < -0.4 is 0 Å². The zero-order valence-corrected chi connectivity index (χ0v) is 15.3. The molecule has 0 saturated carbocycles. The van der Waals surface area contributed by atoms with Gasteiger partial charge in [-0.2, -0.15) is 4.98 Å². The maximum absolute atomic E-state index is 12.3. The number of carbonyl (C=O) groups excluding carboxylic acids is 1. The average molecular weight is 375 g/mol. The van der Waals surface area contributed by atoms with Gasteiger partial charge in [-0.1, -0.05) is 5.16 Å². The summed E-state index contributed by atoms with van der Waals surface area (Å²) >= 11 is 0. The van der Waals surface area contributed by atoms with E-state index in [4.69, 9.17) is 18.4 Å². The number of aromatic nitrogens is 2. The first-order valence-corrected chi connectivity index (χ1v) is 9.64. The highest BCUT2D eigenvalue weighted by atomic mass is 16.5. The topological polar surface area (TPSA) is 90.8 Å². The van der Waals surface area contributed by atoms with Crippen molar-refractivity contribution in [2.45, 2.75) is 44.1 Å². The second-order valence-electron chi connectivity index (χ2n) is 7.03. The second kappa shape index (κ2) is 8.67. The summed E-state index contributed by atoms with van der Waals surface area (Å²) in [4.78, 5) is 18.6. The number of rotatable bonds is 6. The molecule has 0 N–H and O–H groups in total. The number of piperidine rings is 1. The van der Waals surface area contributed by atoms with Gasteiger partial charge in [0.15, 0.2) is 11.6 Å². The highest BCUT2D eigenvalue weighted by molar-refractivity contribution is 5.91. The van der Waals surface area contributed by atoms with Crippen LogP contribution in [0.4, 0.5) is 0 Å². The Morgan fingerprint density at radius 2 is 2.04 bits per heavy atom. The minimum Gasteiger partial charge on any atom is -0.459 e. The van der Waals surface area contributed by atoms with Crippen molar-refractivity contribution in [2.75, 3.05) is 32.9 Å². The Balaban J connectivity index is 1.17. The van der Waals surface area contributed by atoms with Gasteiger partial charge in [0.25, 0.3) is 5.91 Å². The third kappa shape index (κ3) is 4.56. The Bertz CT molecular complexity index is 716. The molecule has 27 heavy (non-hydrogen) atoms. The lowest BCUT2D eigenvalue weighted by atomic mass is 10.0. The van der Waals surface area contributed by atoms with Crippen molar-refractivity contribution in [2.24, 2.45) is 0 Å². The zero-order valence-electron chi connectivity index (χ0n) is 15.3. The molecular weight excluding hydrogens is 350 g/mol. The molecule has 2 aromatic rings. The first kappa shape index (κ1) is 18.2. The van der Waals surface area contributed by atoms with Gasteiger partial charge >= 0.3 is 0 Å². The van der Waals surface area contributed by atoms with E-state index in [1.807, 2.05) is 4.90 Å². The third-order valence-electron chi connectivity index (χ3n) is 5.19. The van der Waals surface area contributed by atoms with Crippen molar-refractivity contribution < 1.29 is 23.2 Å². The molecule has 2 aliphatic heterocycles. The first-order valence-electron chi connectivity index (χ1n) is 9.64. The maximum atomic E-state index is 12.3. The van der Waals surface area contributed by atoms with E-state index in [2.05, 4.69) is 10.1 Å². The normalized spacial score (nSPS) is 19.5. The third-order valence-corrected chi connectivity index (χ3v) is 5.19. The van der Waals surface area contributed by atoms with Gasteiger partial charge in [0.05, 0.1) is 19.0 Å². The Morgan fingerprint density at radius 3 is 2.78 bits per heavy atom. The lowest BCUT2D eigenvalue weighted by Crippen LogP contribution is -2.40. The first-order chi connectivity index (χ1) is 13.3. The van der Waals surface area contributed by atoms with E-state index in [0.717, 1.165) is 44.8 Å². The van der Waals surface area contributed by atoms with Gasteiger partial charge in [0.1, 0.15) is 0 Å². The number of nitrogens with zero attached hydrogens (tertiary/aromatic N) is 3. The fourth-order valence-corrected chi connectivity index (χ4v) is 3.58. The molecule has 0 aliphatic carbocycles. The molecule has 1 amide bonds. The molecule has 4 rings (SSSR count). The Labute approximate surface area is 157 Å². The van der Waals surface area contributed by atoms with E-state index in [0.29, 0.717) is 43.6 Å². The van der Waals surface area contributed by atoms with Crippen molar-refractivity contribution >= 4 is 5.91 Å². The zero-order chi connectivity index (χ0) is 18.5. The quantitative estimate of drug-likeness (QED) is 0.766. The molecule has 2 fully saturated rings. The number of carbonyl (C=O) groups is 1. The highest BCUT2D eigenvalue weighted by Gasteiger charge is 2.26. The summed E-state index contributed by atoms with van der Waals surface area (Å²) in [5.74, 6) is 2.08. The number of likely N-dealkylation sites (tertiary alicyclic amines) is 1. The van der Waals surface area contributed by atoms with E-state index >= 15 is 0 Å². The molecule has 4 heterocycles. The van der Waals surface area contributed by atoms with Gasteiger partial charge in [0.2, 0.25) is 5.89 Å². The molecule has 0 atom stereocenters. The van der Waals surface area contributed by atoms with E-state index in [-0.39, 0.29) is 12.0 Å². The maximum Gasteiger partial charge on any atom is 0.289 e. The summed E-state index contributed by atoms with van der Waals surface area (Å²) in [6, 6.07) is 3.43. The average Bonchev–Trinajstić information content (AvgIpc) is 3.41. The van der Waals surface area contributed by atoms with Crippen LogP contribution >= 0.6 is 0 Å². The molecule has 146 valence electrons. The summed E-state index contributed by atoms with van der Waals surface area (Å²) in [7, 11) is 0. The van der Waals surface area contributed by atoms with E-state index in [1.165, 1.54) is 6.26 Å². The standard InChI is InChI=1S/C19H25N3O5/c23-19(16-2-1-10-26-16)22-8-3-15(4-9-22)25-13-7-17-20-18(27-21-17)14-5-11-24-12-6-14/h1-2,10,14-15H,3-9,11-13H2. The molecule has 8 heteroatoms. The van der Waals surface area contributed by atoms with Crippen LogP contribution in [0.15, 0.2) is 27.3 Å². The highest BCUT2D eigenvalue weighted by Crippen LogP contribution is 2.25. The molecular formula is C19H25N3O5. The van der Waals surface area contributed by atoms with E-state index in [1.54, 1.807) is 12.1 Å². The predicted octanol–water partition coefficient (Wildman–Crippen LogP) is 2.42. The van der Waals surface area contributed by atoms with Crippen LogP contribution in [0.5, 0.6) is 0 Å². The number of hydrogen-bond donors (Lipinski definition) is 0. The minimum atomic E-state index is -0.0501. The molecule has 0 aromatic carbocycles. The van der Waals surface area contributed by atoms with Crippen LogP contribution in [0.2, 0.25) is 0 Å². The molecule has 8 nitrogen and oxygen atoms in total. The lowest BCUT2D eigenvalue weighted by molar-refractivity contribution is 0.00865. The molecule has 2 saturated heterocycles. The van der Waals surface area contributed by atoms with Crippen molar-refractivity contribution in [3.8, 4) is 0 Å². The number of amides is 1. The van der Waals surface area contributed by atoms with Gasteiger partial charge in [0, 0.05) is 38.6 Å². The molecule has 2 aromatic heterocycles. The second-order valence-corrected chi connectivity index (χ2v) is 7.03. The SMILES string of the molecule is O=C(c1ccco1)N1CCC(OCCc2noc(C3CCOCC3)n2)CC1. The molecule has 0 unspecified atom stereocenters. The summed E-state index contributed by atoms with van der Waals surface area (Å²) in [6.45, 7) is 3.43. The van der Waals surface area contributed by atoms with Gasteiger partial charge in [-0.3, -0.25) is 4.79 Å². The number of ether oxygens (including phenoxy) is 2. The smallest absolute Gasteiger partial charge is 0.289 e. The number of hydrogen-bond acceptors (Lipinski definition) is 7. The van der Waals surface area contributed by atoms with Crippen LogP contribution in [0.3, 0.4) is 0 Å². The van der Waals surface area contributed by atoms with Crippen molar-refractivity contribution in [3.05, 3.63) is 35.9 Å². The Kier molecular flexibility index (Phi) is 5.84. The monoisotopic (exact) mass is 375 g/mol. The fourth-order valence-electron chi connectivity index (χ4n) is 3.58.